The Hall–Kier alpha value is -3.19. The van der Waals surface area contributed by atoms with Crippen LogP contribution in [0.5, 0.6) is 0 Å². The lowest BCUT2D eigenvalue weighted by atomic mass is 9.74. The van der Waals surface area contributed by atoms with Crippen molar-refractivity contribution < 1.29 is 14.4 Å². The average molecular weight is 489 g/mol. The molecule has 36 heavy (non-hydrogen) atoms. The Bertz CT molecular complexity index is 1140. The maximum Gasteiger partial charge on any atom is 0.243 e. The third-order valence-corrected chi connectivity index (χ3v) is 8.26. The third-order valence-electron chi connectivity index (χ3n) is 8.26. The number of rotatable bonds is 7. The second-order valence-electron chi connectivity index (χ2n) is 10.4. The molecule has 2 aliphatic heterocycles. The fraction of sp³-hybridized carbons (Fsp3) is 0.483. The van der Waals surface area contributed by atoms with Crippen molar-refractivity contribution in [3.63, 3.8) is 0 Å². The number of piperidine rings is 1. The van der Waals surface area contributed by atoms with Crippen LogP contribution in [0.15, 0.2) is 48.5 Å². The summed E-state index contributed by atoms with van der Waals surface area (Å²) < 4.78 is 0. The summed E-state index contributed by atoms with van der Waals surface area (Å²) in [5, 5.41) is 5.57. The number of aryl methyl sites for hydroxylation is 1. The zero-order chi connectivity index (χ0) is 25.1. The zero-order valence-electron chi connectivity index (χ0n) is 21.1. The van der Waals surface area contributed by atoms with Gasteiger partial charge in [-0.25, -0.2) is 0 Å². The van der Waals surface area contributed by atoms with Gasteiger partial charge in [0.15, 0.2) is 0 Å². The number of para-hydroxylation sites is 1. The van der Waals surface area contributed by atoms with Crippen molar-refractivity contribution in [2.45, 2.75) is 56.9 Å². The molecule has 1 spiro atoms. The van der Waals surface area contributed by atoms with Crippen molar-refractivity contribution in [3.8, 4) is 0 Å². The van der Waals surface area contributed by atoms with E-state index in [0.717, 1.165) is 37.2 Å². The number of hydrogen-bond donors (Lipinski definition) is 2. The van der Waals surface area contributed by atoms with Gasteiger partial charge in [-0.1, -0.05) is 42.5 Å². The number of hydrogen-bond acceptors (Lipinski definition) is 4. The largest absolute Gasteiger partial charge is 0.355 e. The number of likely N-dealkylation sites (tertiary alicyclic amines) is 1. The maximum atomic E-state index is 13.5. The summed E-state index contributed by atoms with van der Waals surface area (Å²) in [5.41, 5.74) is 5.22. The lowest BCUT2D eigenvalue weighted by Gasteiger charge is -2.40. The Labute approximate surface area is 213 Å². The van der Waals surface area contributed by atoms with Gasteiger partial charge in [-0.2, -0.15) is 0 Å². The highest BCUT2D eigenvalue weighted by Crippen LogP contribution is 2.46. The standard InChI is InChI=1S/C29H36N4O3/c1-21(34)30-15-16-31-28(36)26-20-23-7-3-5-9-25(23)33(26)27(35)11-17-32-18-13-29(14-19-32)12-10-22-6-2-4-8-24(22)29/h2-9,26H,10-20H2,1H3,(H,30,34)(H,31,36)/t26-/m0/s1. The fourth-order valence-electron chi connectivity index (χ4n) is 6.31. The number of nitrogens with zero attached hydrogens (tertiary/aromatic N) is 2. The molecule has 2 N–H and O–H groups in total. The molecule has 0 saturated carbocycles. The van der Waals surface area contributed by atoms with Gasteiger partial charge >= 0.3 is 0 Å². The van der Waals surface area contributed by atoms with Crippen LogP contribution in [0.4, 0.5) is 5.69 Å². The van der Waals surface area contributed by atoms with Crippen molar-refractivity contribution in [1.82, 2.24) is 15.5 Å². The predicted octanol–water partition coefficient (Wildman–Crippen LogP) is 2.57. The van der Waals surface area contributed by atoms with E-state index in [1.807, 2.05) is 24.3 Å². The molecule has 1 saturated heterocycles. The molecule has 3 amide bonds. The Kier molecular flexibility index (Phi) is 7.10. The van der Waals surface area contributed by atoms with Gasteiger partial charge in [-0.05, 0) is 66.9 Å². The number of amides is 3. The first-order valence-corrected chi connectivity index (χ1v) is 13.2. The second-order valence-corrected chi connectivity index (χ2v) is 10.4. The molecule has 2 aromatic carbocycles. The highest BCUT2D eigenvalue weighted by Gasteiger charge is 2.41. The molecule has 1 atom stereocenters. The summed E-state index contributed by atoms with van der Waals surface area (Å²) in [5.74, 6) is -0.312. The van der Waals surface area contributed by atoms with Gasteiger partial charge in [0.05, 0.1) is 0 Å². The van der Waals surface area contributed by atoms with E-state index >= 15 is 0 Å². The van der Waals surface area contributed by atoms with E-state index in [-0.39, 0.29) is 17.7 Å². The van der Waals surface area contributed by atoms with Crippen LogP contribution in [-0.4, -0.2) is 61.4 Å². The van der Waals surface area contributed by atoms with Gasteiger partial charge in [0, 0.05) is 45.1 Å². The Balaban J connectivity index is 1.18. The van der Waals surface area contributed by atoms with Crippen LogP contribution in [-0.2, 0) is 32.6 Å². The second kappa shape index (κ2) is 10.4. The summed E-state index contributed by atoms with van der Waals surface area (Å²) >= 11 is 0. The zero-order valence-corrected chi connectivity index (χ0v) is 21.1. The number of nitrogens with one attached hydrogen (secondary N) is 2. The van der Waals surface area contributed by atoms with Gasteiger partial charge in [0.2, 0.25) is 17.7 Å². The Morgan fingerprint density at radius 3 is 2.39 bits per heavy atom. The maximum absolute atomic E-state index is 13.5. The van der Waals surface area contributed by atoms with Gasteiger partial charge in [0.25, 0.3) is 0 Å². The van der Waals surface area contributed by atoms with Crippen molar-refractivity contribution in [3.05, 3.63) is 65.2 Å². The van der Waals surface area contributed by atoms with Gasteiger partial charge < -0.3 is 15.5 Å². The molecule has 1 aliphatic carbocycles. The minimum atomic E-state index is -0.549. The smallest absolute Gasteiger partial charge is 0.243 e. The molecule has 0 bridgehead atoms. The Morgan fingerprint density at radius 1 is 0.917 bits per heavy atom. The van der Waals surface area contributed by atoms with Crippen molar-refractivity contribution >= 4 is 23.4 Å². The molecule has 1 fully saturated rings. The van der Waals surface area contributed by atoms with Crippen LogP contribution in [0.3, 0.4) is 0 Å². The summed E-state index contributed by atoms with van der Waals surface area (Å²) in [6.45, 7) is 4.88. The van der Waals surface area contributed by atoms with E-state index < -0.39 is 6.04 Å². The first-order chi connectivity index (χ1) is 17.5. The highest BCUT2D eigenvalue weighted by molar-refractivity contribution is 6.03. The molecule has 2 aromatic rings. The molecule has 7 heteroatoms. The monoisotopic (exact) mass is 488 g/mol. The topological polar surface area (TPSA) is 81.8 Å². The van der Waals surface area contributed by atoms with E-state index in [9.17, 15) is 14.4 Å². The minimum Gasteiger partial charge on any atom is -0.355 e. The van der Waals surface area contributed by atoms with Gasteiger partial charge in [0.1, 0.15) is 6.04 Å². The molecule has 0 radical (unpaired) electrons. The molecule has 5 rings (SSSR count). The fourth-order valence-corrected chi connectivity index (χ4v) is 6.31. The highest BCUT2D eigenvalue weighted by atomic mass is 16.2. The van der Waals surface area contributed by atoms with E-state index in [1.54, 1.807) is 10.5 Å². The first kappa shape index (κ1) is 24.5. The van der Waals surface area contributed by atoms with Crippen molar-refractivity contribution in [1.29, 1.82) is 0 Å². The van der Waals surface area contributed by atoms with E-state index in [1.165, 1.54) is 25.3 Å². The molecule has 0 aromatic heterocycles. The number of fused-ring (bicyclic) bond motifs is 3. The summed E-state index contributed by atoms with van der Waals surface area (Å²) in [6.07, 6.45) is 5.61. The van der Waals surface area contributed by atoms with Crippen molar-refractivity contribution in [2.24, 2.45) is 0 Å². The SMILES string of the molecule is CC(=O)NCCNC(=O)[C@@H]1Cc2ccccc2N1C(=O)CCN1CCC2(CCc3ccccc32)CC1. The first-order valence-electron chi connectivity index (χ1n) is 13.2. The number of benzene rings is 2. The molecule has 0 unspecified atom stereocenters. The summed E-state index contributed by atoms with van der Waals surface area (Å²) in [4.78, 5) is 41.6. The normalized spacial score (nSPS) is 20.1. The predicted molar refractivity (Wildman–Crippen MR) is 140 cm³/mol. The summed E-state index contributed by atoms with van der Waals surface area (Å²) in [7, 11) is 0. The molecule has 7 nitrogen and oxygen atoms in total. The van der Waals surface area contributed by atoms with Gasteiger partial charge in [-0.3, -0.25) is 19.3 Å². The van der Waals surface area contributed by atoms with Crippen LogP contribution >= 0.6 is 0 Å². The lowest BCUT2D eigenvalue weighted by molar-refractivity contribution is -0.126. The number of carbonyl (C=O) groups is 3. The van der Waals surface area contributed by atoms with E-state index in [4.69, 9.17) is 0 Å². The number of anilines is 1. The number of carbonyl (C=O) groups excluding carboxylic acids is 3. The van der Waals surface area contributed by atoms with E-state index in [0.29, 0.717) is 37.9 Å². The van der Waals surface area contributed by atoms with Gasteiger partial charge in [-0.15, -0.1) is 0 Å². The van der Waals surface area contributed by atoms with Crippen molar-refractivity contribution in [2.75, 3.05) is 37.6 Å². The molecular formula is C29H36N4O3. The molecular weight excluding hydrogens is 452 g/mol. The lowest BCUT2D eigenvalue weighted by Crippen LogP contribution is -2.50. The molecule has 2 heterocycles. The van der Waals surface area contributed by atoms with Crippen LogP contribution in [0, 0.1) is 0 Å². The van der Waals surface area contributed by atoms with Crippen LogP contribution < -0.4 is 15.5 Å². The Morgan fingerprint density at radius 2 is 1.61 bits per heavy atom. The van der Waals surface area contributed by atoms with E-state index in [2.05, 4.69) is 39.8 Å². The summed E-state index contributed by atoms with van der Waals surface area (Å²) in [6, 6.07) is 16.1. The quantitative estimate of drug-likeness (QED) is 0.587. The average Bonchev–Trinajstić information content (AvgIpc) is 3.45. The van der Waals surface area contributed by atoms with Crippen LogP contribution in [0.1, 0.15) is 49.3 Å². The van der Waals surface area contributed by atoms with Crippen LogP contribution in [0.25, 0.3) is 0 Å². The molecule has 190 valence electrons. The minimum absolute atomic E-state index is 0.00606. The van der Waals surface area contributed by atoms with Crippen LogP contribution in [0.2, 0.25) is 0 Å². The third kappa shape index (κ3) is 4.89. The molecule has 3 aliphatic rings.